The number of hydrogen-bond acceptors (Lipinski definition) is 3. The van der Waals surface area contributed by atoms with Crippen molar-refractivity contribution in [1.29, 1.82) is 0 Å². The fourth-order valence-electron chi connectivity index (χ4n) is 2.81. The summed E-state index contributed by atoms with van der Waals surface area (Å²) in [4.78, 5) is 12.3. The summed E-state index contributed by atoms with van der Waals surface area (Å²) >= 11 is 6.25. The zero-order valence-electron chi connectivity index (χ0n) is 12.2. The van der Waals surface area contributed by atoms with E-state index in [2.05, 4.69) is 22.7 Å². The topological polar surface area (TPSA) is 59.0 Å². The maximum atomic E-state index is 12.3. The third-order valence-electron chi connectivity index (χ3n) is 4.21. The highest BCUT2D eigenvalue weighted by Gasteiger charge is 2.28. The largest absolute Gasteiger partial charge is 0.323 e. The molecular weight excluding hydrogens is 288 g/mol. The SMILES string of the molecule is CCC1CN[C@H](C(=O)Nc2cc3c(cnn3C)cc2Cl)C1. The van der Waals surface area contributed by atoms with Gasteiger partial charge in [0, 0.05) is 12.4 Å². The summed E-state index contributed by atoms with van der Waals surface area (Å²) in [5, 5.41) is 11.9. The number of nitrogens with one attached hydrogen (secondary N) is 2. The molecule has 6 heteroatoms. The van der Waals surface area contributed by atoms with E-state index in [1.165, 1.54) is 0 Å². The molecule has 5 nitrogen and oxygen atoms in total. The average molecular weight is 307 g/mol. The van der Waals surface area contributed by atoms with Crippen LogP contribution in [-0.4, -0.2) is 28.3 Å². The minimum atomic E-state index is -0.131. The zero-order chi connectivity index (χ0) is 15.0. The van der Waals surface area contributed by atoms with Crippen molar-refractivity contribution in [2.75, 3.05) is 11.9 Å². The third-order valence-corrected chi connectivity index (χ3v) is 4.52. The predicted molar refractivity (Wildman–Crippen MR) is 84.5 cm³/mol. The van der Waals surface area contributed by atoms with Crippen LogP contribution in [0.2, 0.25) is 5.02 Å². The van der Waals surface area contributed by atoms with E-state index < -0.39 is 0 Å². The normalized spacial score (nSPS) is 21.9. The van der Waals surface area contributed by atoms with Crippen molar-refractivity contribution in [3.05, 3.63) is 23.4 Å². The van der Waals surface area contributed by atoms with Crippen LogP contribution in [0.1, 0.15) is 19.8 Å². The molecule has 2 N–H and O–H groups in total. The molecule has 112 valence electrons. The Bertz CT molecular complexity index is 682. The molecule has 0 aliphatic carbocycles. The van der Waals surface area contributed by atoms with E-state index in [0.717, 1.165) is 30.3 Å². The fraction of sp³-hybridized carbons (Fsp3) is 0.467. The number of halogens is 1. The summed E-state index contributed by atoms with van der Waals surface area (Å²) in [6.45, 7) is 3.06. The maximum absolute atomic E-state index is 12.3. The van der Waals surface area contributed by atoms with Gasteiger partial charge in [-0.05, 0) is 31.0 Å². The van der Waals surface area contributed by atoms with Gasteiger partial charge in [-0.1, -0.05) is 24.9 Å². The second-order valence-corrected chi connectivity index (χ2v) is 6.03. The van der Waals surface area contributed by atoms with E-state index in [1.54, 1.807) is 10.9 Å². The average Bonchev–Trinajstić information content (AvgIpc) is 3.07. The molecule has 0 spiro atoms. The Morgan fingerprint density at radius 3 is 3.10 bits per heavy atom. The highest BCUT2D eigenvalue weighted by Crippen LogP contribution is 2.28. The lowest BCUT2D eigenvalue weighted by Gasteiger charge is -2.13. The van der Waals surface area contributed by atoms with Crippen molar-refractivity contribution in [3.8, 4) is 0 Å². The Labute approximate surface area is 128 Å². The van der Waals surface area contributed by atoms with Gasteiger partial charge in [0.2, 0.25) is 5.91 Å². The molecule has 1 aliphatic rings. The Hall–Kier alpha value is -1.59. The monoisotopic (exact) mass is 306 g/mol. The maximum Gasteiger partial charge on any atom is 0.241 e. The molecule has 1 fully saturated rings. The van der Waals surface area contributed by atoms with Crippen LogP contribution >= 0.6 is 11.6 Å². The molecule has 21 heavy (non-hydrogen) atoms. The second-order valence-electron chi connectivity index (χ2n) is 5.62. The number of benzene rings is 1. The number of nitrogens with zero attached hydrogens (tertiary/aromatic N) is 2. The van der Waals surface area contributed by atoms with E-state index >= 15 is 0 Å². The van der Waals surface area contributed by atoms with Crippen LogP contribution in [0.25, 0.3) is 10.9 Å². The van der Waals surface area contributed by atoms with Crippen molar-refractivity contribution in [3.63, 3.8) is 0 Å². The standard InChI is InChI=1S/C15H19ClN4O/c1-3-9-4-13(17-7-9)15(21)19-12-6-14-10(5-11(12)16)8-18-20(14)2/h5-6,8-9,13,17H,3-4,7H2,1-2H3,(H,19,21)/t9?,13-/m0/s1. The first-order chi connectivity index (χ1) is 10.1. The fourth-order valence-corrected chi connectivity index (χ4v) is 3.03. The van der Waals surface area contributed by atoms with E-state index in [4.69, 9.17) is 11.6 Å². The van der Waals surface area contributed by atoms with Crippen molar-refractivity contribution in [2.24, 2.45) is 13.0 Å². The smallest absolute Gasteiger partial charge is 0.241 e. The van der Waals surface area contributed by atoms with Gasteiger partial charge in [0.25, 0.3) is 0 Å². The number of carbonyl (C=O) groups excluding carboxylic acids is 1. The molecule has 2 heterocycles. The summed E-state index contributed by atoms with van der Waals surface area (Å²) in [5.41, 5.74) is 1.58. The van der Waals surface area contributed by atoms with E-state index in [9.17, 15) is 4.79 Å². The third kappa shape index (κ3) is 2.76. The van der Waals surface area contributed by atoms with Gasteiger partial charge in [0.15, 0.2) is 0 Å². The molecule has 3 rings (SSSR count). The van der Waals surface area contributed by atoms with Crippen LogP contribution in [0.4, 0.5) is 5.69 Å². The van der Waals surface area contributed by atoms with Crippen LogP contribution in [0.3, 0.4) is 0 Å². The summed E-state index contributed by atoms with van der Waals surface area (Å²) < 4.78 is 1.77. The number of fused-ring (bicyclic) bond motifs is 1. The molecule has 2 atom stereocenters. The van der Waals surface area contributed by atoms with Crippen LogP contribution in [-0.2, 0) is 11.8 Å². The van der Waals surface area contributed by atoms with E-state index in [1.807, 2.05) is 19.2 Å². The number of aromatic nitrogens is 2. The predicted octanol–water partition coefficient (Wildman–Crippen LogP) is 2.55. The molecule has 0 bridgehead atoms. The molecule has 1 amide bonds. The Morgan fingerprint density at radius 1 is 1.57 bits per heavy atom. The van der Waals surface area contributed by atoms with Crippen molar-refractivity contribution >= 4 is 34.1 Å². The van der Waals surface area contributed by atoms with Gasteiger partial charge in [-0.3, -0.25) is 9.48 Å². The number of carbonyl (C=O) groups is 1. The molecule has 0 radical (unpaired) electrons. The summed E-state index contributed by atoms with van der Waals surface area (Å²) in [6.07, 6.45) is 3.74. The summed E-state index contributed by atoms with van der Waals surface area (Å²) in [6, 6.07) is 3.57. The molecule has 1 aromatic carbocycles. The Balaban J connectivity index is 1.79. The van der Waals surface area contributed by atoms with E-state index in [-0.39, 0.29) is 11.9 Å². The molecule has 1 unspecified atom stereocenters. The van der Waals surface area contributed by atoms with Crippen LogP contribution < -0.4 is 10.6 Å². The molecular formula is C15H19ClN4O. The minimum absolute atomic E-state index is 0.0191. The number of amides is 1. The molecule has 2 aromatic rings. The zero-order valence-corrected chi connectivity index (χ0v) is 12.9. The molecule has 1 saturated heterocycles. The Morgan fingerprint density at radius 2 is 2.38 bits per heavy atom. The summed E-state index contributed by atoms with van der Waals surface area (Å²) in [7, 11) is 1.87. The first-order valence-electron chi connectivity index (χ1n) is 7.24. The number of rotatable bonds is 3. The van der Waals surface area contributed by atoms with E-state index in [0.29, 0.717) is 16.6 Å². The van der Waals surface area contributed by atoms with Crippen LogP contribution in [0.5, 0.6) is 0 Å². The molecule has 0 saturated carbocycles. The Kier molecular flexibility index (Phi) is 3.87. The van der Waals surface area contributed by atoms with Crippen LogP contribution in [0, 0.1) is 5.92 Å². The van der Waals surface area contributed by atoms with Crippen molar-refractivity contribution in [2.45, 2.75) is 25.8 Å². The highest BCUT2D eigenvalue weighted by atomic mass is 35.5. The van der Waals surface area contributed by atoms with Gasteiger partial charge >= 0.3 is 0 Å². The number of aryl methyl sites for hydroxylation is 1. The second kappa shape index (κ2) is 5.66. The first-order valence-corrected chi connectivity index (χ1v) is 7.61. The lowest BCUT2D eigenvalue weighted by Crippen LogP contribution is -2.35. The van der Waals surface area contributed by atoms with Crippen LogP contribution in [0.15, 0.2) is 18.3 Å². The van der Waals surface area contributed by atoms with Crippen molar-refractivity contribution in [1.82, 2.24) is 15.1 Å². The lowest BCUT2D eigenvalue weighted by atomic mass is 10.0. The van der Waals surface area contributed by atoms with Gasteiger partial charge in [-0.25, -0.2) is 0 Å². The van der Waals surface area contributed by atoms with Crippen molar-refractivity contribution < 1.29 is 4.79 Å². The van der Waals surface area contributed by atoms with Gasteiger partial charge in [-0.2, -0.15) is 5.10 Å². The molecule has 1 aromatic heterocycles. The van der Waals surface area contributed by atoms with Gasteiger partial charge in [0.05, 0.1) is 28.5 Å². The highest BCUT2D eigenvalue weighted by molar-refractivity contribution is 6.34. The summed E-state index contributed by atoms with van der Waals surface area (Å²) in [5.74, 6) is 0.560. The van der Waals surface area contributed by atoms with Gasteiger partial charge in [-0.15, -0.1) is 0 Å². The lowest BCUT2D eigenvalue weighted by molar-refractivity contribution is -0.117. The first kappa shape index (κ1) is 14.4. The van der Waals surface area contributed by atoms with Gasteiger partial charge in [0.1, 0.15) is 0 Å². The minimum Gasteiger partial charge on any atom is -0.323 e. The quantitative estimate of drug-likeness (QED) is 0.916. The number of hydrogen-bond donors (Lipinski definition) is 2. The van der Waals surface area contributed by atoms with Gasteiger partial charge < -0.3 is 10.6 Å². The number of anilines is 1. The molecule has 1 aliphatic heterocycles.